The van der Waals surface area contributed by atoms with Crippen LogP contribution in [0.2, 0.25) is 0 Å². The van der Waals surface area contributed by atoms with Crippen molar-refractivity contribution in [3.05, 3.63) is 11.6 Å². The van der Waals surface area contributed by atoms with E-state index in [4.69, 9.17) is 10.5 Å². The Hall–Kier alpha value is -1.14. The molecule has 88 valence electrons. The smallest absolute Gasteiger partial charge is 0.273 e. The van der Waals surface area contributed by atoms with Gasteiger partial charge in [0.05, 0.1) is 6.54 Å². The highest BCUT2D eigenvalue weighted by Crippen LogP contribution is 2.20. The number of nitrogens with two attached hydrogens (primary N) is 1. The van der Waals surface area contributed by atoms with Crippen molar-refractivity contribution in [2.45, 2.75) is 18.9 Å². The summed E-state index contributed by atoms with van der Waals surface area (Å²) in [7, 11) is 0. The molecule has 1 aliphatic rings. The molecule has 0 saturated carbocycles. The van der Waals surface area contributed by atoms with Crippen LogP contribution in [0.15, 0.2) is 11.6 Å². The third-order valence-electron chi connectivity index (χ3n) is 2.59. The molecule has 16 heavy (non-hydrogen) atoms. The number of aromatic nitrogens is 1. The molecule has 0 atom stereocenters. The van der Waals surface area contributed by atoms with Gasteiger partial charge in [-0.15, -0.1) is 0 Å². The lowest BCUT2D eigenvalue weighted by Crippen LogP contribution is -2.42. The van der Waals surface area contributed by atoms with Crippen LogP contribution in [0.5, 0.6) is 5.19 Å². The van der Waals surface area contributed by atoms with Gasteiger partial charge in [-0.1, -0.05) is 11.3 Å². The molecule has 0 radical (unpaired) electrons. The molecular formula is C10H15N3O2S. The molecule has 1 aromatic heterocycles. The van der Waals surface area contributed by atoms with E-state index >= 15 is 0 Å². The van der Waals surface area contributed by atoms with Gasteiger partial charge >= 0.3 is 0 Å². The lowest BCUT2D eigenvalue weighted by molar-refractivity contribution is -0.119. The molecular weight excluding hydrogens is 226 g/mol. The third-order valence-corrected chi connectivity index (χ3v) is 3.25. The van der Waals surface area contributed by atoms with Crippen molar-refractivity contribution in [2.24, 2.45) is 5.73 Å². The van der Waals surface area contributed by atoms with E-state index in [1.165, 1.54) is 11.3 Å². The Kier molecular flexibility index (Phi) is 3.74. The van der Waals surface area contributed by atoms with Gasteiger partial charge in [0, 0.05) is 24.7 Å². The van der Waals surface area contributed by atoms with Gasteiger partial charge < -0.3 is 10.5 Å². The summed E-state index contributed by atoms with van der Waals surface area (Å²) < 4.78 is 5.71. The number of amides is 1. The standard InChI is InChI=1S/C10H15N3O2S/c11-9(14)7-13-4-1-8(2-5-13)15-10-12-3-6-16-10/h3,6,8H,1-2,4-5,7H2,(H2,11,14). The maximum absolute atomic E-state index is 10.7. The fourth-order valence-corrected chi connectivity index (χ4v) is 2.37. The highest BCUT2D eigenvalue weighted by Gasteiger charge is 2.21. The average molecular weight is 241 g/mol. The summed E-state index contributed by atoms with van der Waals surface area (Å²) in [5.74, 6) is -0.265. The van der Waals surface area contributed by atoms with Crippen molar-refractivity contribution in [1.82, 2.24) is 9.88 Å². The van der Waals surface area contributed by atoms with Crippen LogP contribution in [0.4, 0.5) is 0 Å². The van der Waals surface area contributed by atoms with Gasteiger partial charge in [0.15, 0.2) is 0 Å². The predicted octanol–water partition coefficient (Wildman–Crippen LogP) is 0.472. The van der Waals surface area contributed by atoms with Crippen LogP contribution >= 0.6 is 11.3 Å². The summed E-state index contributed by atoms with van der Waals surface area (Å²) >= 11 is 1.51. The Morgan fingerprint density at radius 1 is 1.62 bits per heavy atom. The lowest BCUT2D eigenvalue weighted by atomic mass is 10.1. The zero-order valence-electron chi connectivity index (χ0n) is 8.96. The first-order chi connectivity index (χ1) is 7.74. The molecule has 0 aliphatic carbocycles. The quantitative estimate of drug-likeness (QED) is 0.832. The van der Waals surface area contributed by atoms with Crippen LogP contribution in [0, 0.1) is 0 Å². The highest BCUT2D eigenvalue weighted by atomic mass is 32.1. The summed E-state index contributed by atoms with van der Waals surface area (Å²) in [5, 5.41) is 2.63. The van der Waals surface area contributed by atoms with Crippen molar-refractivity contribution < 1.29 is 9.53 Å². The van der Waals surface area contributed by atoms with Gasteiger partial charge in [0.2, 0.25) is 5.91 Å². The van der Waals surface area contributed by atoms with Gasteiger partial charge in [-0.2, -0.15) is 0 Å². The maximum Gasteiger partial charge on any atom is 0.273 e. The van der Waals surface area contributed by atoms with Crippen molar-refractivity contribution >= 4 is 17.2 Å². The second kappa shape index (κ2) is 5.27. The SMILES string of the molecule is NC(=O)CN1CCC(Oc2nccs2)CC1. The molecule has 0 unspecified atom stereocenters. The molecule has 6 heteroatoms. The Balaban J connectivity index is 1.75. The van der Waals surface area contributed by atoms with Crippen molar-refractivity contribution in [1.29, 1.82) is 0 Å². The fraction of sp³-hybridized carbons (Fsp3) is 0.600. The van der Waals surface area contributed by atoms with Gasteiger partial charge in [0.25, 0.3) is 5.19 Å². The summed E-state index contributed by atoms with van der Waals surface area (Å²) in [4.78, 5) is 16.9. The first kappa shape index (κ1) is 11.3. The second-order valence-corrected chi connectivity index (χ2v) is 4.71. The average Bonchev–Trinajstić information content (AvgIpc) is 2.73. The molecule has 1 aliphatic heterocycles. The summed E-state index contributed by atoms with van der Waals surface area (Å²) in [5.41, 5.74) is 5.15. The number of ether oxygens (including phenoxy) is 1. The third kappa shape index (κ3) is 3.18. The van der Waals surface area contributed by atoms with Crippen molar-refractivity contribution in [3.8, 4) is 5.19 Å². The minimum Gasteiger partial charge on any atom is -0.467 e. The zero-order chi connectivity index (χ0) is 11.4. The number of thiazole rings is 1. The number of hydrogen-bond acceptors (Lipinski definition) is 5. The normalized spacial score (nSPS) is 18.5. The van der Waals surface area contributed by atoms with Gasteiger partial charge in [-0.3, -0.25) is 9.69 Å². The van der Waals surface area contributed by atoms with Gasteiger partial charge in [-0.05, 0) is 12.8 Å². The van der Waals surface area contributed by atoms with Crippen molar-refractivity contribution in [3.63, 3.8) is 0 Å². The number of rotatable bonds is 4. The number of likely N-dealkylation sites (tertiary alicyclic amines) is 1. The number of primary amides is 1. The molecule has 2 rings (SSSR count). The van der Waals surface area contributed by atoms with E-state index in [2.05, 4.69) is 9.88 Å². The summed E-state index contributed by atoms with van der Waals surface area (Å²) in [6.45, 7) is 2.07. The first-order valence-corrected chi connectivity index (χ1v) is 6.19. The van der Waals surface area contributed by atoms with E-state index < -0.39 is 0 Å². The lowest BCUT2D eigenvalue weighted by Gasteiger charge is -2.30. The van der Waals surface area contributed by atoms with Crippen LogP contribution in [0.25, 0.3) is 0 Å². The fourth-order valence-electron chi connectivity index (χ4n) is 1.82. The number of piperidine rings is 1. The van der Waals surface area contributed by atoms with E-state index in [1.807, 2.05) is 5.38 Å². The molecule has 0 aromatic carbocycles. The molecule has 1 aromatic rings. The maximum atomic E-state index is 10.7. The second-order valence-electron chi connectivity index (χ2n) is 3.86. The Bertz CT molecular complexity index is 334. The largest absolute Gasteiger partial charge is 0.467 e. The van der Waals surface area contributed by atoms with Crippen LogP contribution in [0.3, 0.4) is 0 Å². The molecule has 0 bridgehead atoms. The molecule has 1 saturated heterocycles. The van der Waals surface area contributed by atoms with E-state index in [0.29, 0.717) is 6.54 Å². The molecule has 1 fully saturated rings. The summed E-state index contributed by atoms with van der Waals surface area (Å²) in [6.07, 6.45) is 3.80. The van der Waals surface area contributed by atoms with E-state index in [0.717, 1.165) is 31.1 Å². The Labute approximate surface area is 98.2 Å². The molecule has 0 spiro atoms. The van der Waals surface area contributed by atoms with E-state index in [9.17, 15) is 4.79 Å². The zero-order valence-corrected chi connectivity index (χ0v) is 9.78. The Morgan fingerprint density at radius 3 is 2.94 bits per heavy atom. The van der Waals surface area contributed by atoms with Gasteiger partial charge in [-0.25, -0.2) is 4.98 Å². The van der Waals surface area contributed by atoms with E-state index in [1.54, 1.807) is 6.20 Å². The number of hydrogen-bond donors (Lipinski definition) is 1. The topological polar surface area (TPSA) is 68.5 Å². The number of nitrogens with zero attached hydrogens (tertiary/aromatic N) is 2. The minimum atomic E-state index is -0.265. The van der Waals surface area contributed by atoms with Crippen LogP contribution in [-0.2, 0) is 4.79 Å². The minimum absolute atomic E-state index is 0.218. The number of carbonyl (C=O) groups is 1. The van der Waals surface area contributed by atoms with Crippen LogP contribution in [-0.4, -0.2) is 41.5 Å². The predicted molar refractivity (Wildman–Crippen MR) is 61.4 cm³/mol. The van der Waals surface area contributed by atoms with E-state index in [-0.39, 0.29) is 12.0 Å². The van der Waals surface area contributed by atoms with Crippen LogP contribution < -0.4 is 10.5 Å². The highest BCUT2D eigenvalue weighted by molar-refractivity contribution is 7.11. The van der Waals surface area contributed by atoms with Gasteiger partial charge in [0.1, 0.15) is 6.10 Å². The monoisotopic (exact) mass is 241 g/mol. The Morgan fingerprint density at radius 2 is 2.38 bits per heavy atom. The molecule has 5 nitrogen and oxygen atoms in total. The molecule has 1 amide bonds. The first-order valence-electron chi connectivity index (χ1n) is 5.31. The number of carbonyl (C=O) groups excluding carboxylic acids is 1. The van der Waals surface area contributed by atoms with Crippen LogP contribution in [0.1, 0.15) is 12.8 Å². The van der Waals surface area contributed by atoms with Crippen molar-refractivity contribution in [2.75, 3.05) is 19.6 Å². The summed E-state index contributed by atoms with van der Waals surface area (Å²) in [6, 6.07) is 0. The molecule has 2 heterocycles. The molecule has 2 N–H and O–H groups in total.